The average Bonchev–Trinajstić information content (AvgIpc) is 3.07. The Morgan fingerprint density at radius 1 is 0.765 bits per heavy atom. The predicted octanol–water partition coefficient (Wildman–Crippen LogP) is 3.58. The van der Waals surface area contributed by atoms with Crippen LogP contribution in [0.4, 0.5) is 0 Å². The van der Waals surface area contributed by atoms with Crippen LogP contribution in [-0.4, -0.2) is 5.54 Å². The summed E-state index contributed by atoms with van der Waals surface area (Å²) in [4.78, 5) is 0. The normalized spacial score (nSPS) is 55.4. The van der Waals surface area contributed by atoms with Crippen molar-refractivity contribution in [1.82, 2.24) is 0 Å². The highest BCUT2D eigenvalue weighted by Crippen LogP contribution is 2.58. The van der Waals surface area contributed by atoms with Crippen molar-refractivity contribution in [2.45, 2.75) is 63.8 Å². The van der Waals surface area contributed by atoms with Crippen LogP contribution < -0.4 is 5.73 Å². The summed E-state index contributed by atoms with van der Waals surface area (Å²) in [5.41, 5.74) is 7.07. The van der Waals surface area contributed by atoms with E-state index in [1.165, 1.54) is 51.4 Å². The highest BCUT2D eigenvalue weighted by Gasteiger charge is 2.54. The fraction of sp³-hybridized carbons (Fsp3) is 1.00. The molecule has 96 valence electrons. The van der Waals surface area contributed by atoms with Gasteiger partial charge in [-0.25, -0.2) is 0 Å². The smallest absolute Gasteiger partial charge is 0.0188 e. The zero-order chi connectivity index (χ0) is 11.6. The lowest BCUT2D eigenvalue weighted by Gasteiger charge is -2.45. The molecule has 0 aromatic carbocycles. The molecule has 2 N–H and O–H groups in total. The summed E-state index contributed by atoms with van der Waals surface area (Å²) in [5, 5.41) is 0. The van der Waals surface area contributed by atoms with Crippen molar-refractivity contribution in [3.8, 4) is 0 Å². The van der Waals surface area contributed by atoms with Gasteiger partial charge in [-0.2, -0.15) is 0 Å². The zero-order valence-electron chi connectivity index (χ0n) is 11.2. The van der Waals surface area contributed by atoms with E-state index in [1.54, 1.807) is 0 Å². The van der Waals surface area contributed by atoms with Gasteiger partial charge in [0.15, 0.2) is 0 Å². The maximum Gasteiger partial charge on any atom is 0.0188 e. The van der Waals surface area contributed by atoms with E-state index in [0.29, 0.717) is 0 Å². The minimum absolute atomic E-state index is 0.166. The summed E-state index contributed by atoms with van der Waals surface area (Å²) in [5.74, 6) is 5.82. The van der Waals surface area contributed by atoms with Gasteiger partial charge >= 0.3 is 0 Å². The molecule has 4 fully saturated rings. The molecule has 4 bridgehead atoms. The van der Waals surface area contributed by atoms with Crippen LogP contribution >= 0.6 is 0 Å². The number of hydrogen-bond donors (Lipinski definition) is 1. The molecule has 0 saturated heterocycles. The minimum atomic E-state index is 0.166. The predicted molar refractivity (Wildman–Crippen MR) is 70.5 cm³/mol. The second-order valence-electron chi connectivity index (χ2n) is 7.93. The summed E-state index contributed by atoms with van der Waals surface area (Å²) in [7, 11) is 0. The van der Waals surface area contributed by atoms with Crippen molar-refractivity contribution in [3.05, 3.63) is 0 Å². The first-order chi connectivity index (χ1) is 8.14. The molecule has 0 spiro atoms. The fourth-order valence-corrected chi connectivity index (χ4v) is 6.29. The Morgan fingerprint density at radius 3 is 1.53 bits per heavy atom. The maximum atomic E-state index is 6.90. The van der Waals surface area contributed by atoms with Gasteiger partial charge in [-0.15, -0.1) is 0 Å². The second kappa shape index (κ2) is 3.50. The Labute approximate surface area is 106 Å². The van der Waals surface area contributed by atoms with E-state index in [1.807, 2.05) is 0 Å². The first-order valence-corrected chi connectivity index (χ1v) is 7.93. The molecular weight excluding hydrogens is 206 g/mol. The molecule has 6 unspecified atom stereocenters. The van der Waals surface area contributed by atoms with E-state index in [0.717, 1.165) is 35.5 Å². The Bertz CT molecular complexity index is 291. The first kappa shape index (κ1) is 10.8. The van der Waals surface area contributed by atoms with Crippen LogP contribution in [0.5, 0.6) is 0 Å². The van der Waals surface area contributed by atoms with E-state index >= 15 is 0 Å². The maximum absolute atomic E-state index is 6.90. The molecule has 0 aromatic heterocycles. The Balaban J connectivity index is 1.55. The van der Waals surface area contributed by atoms with Crippen molar-refractivity contribution in [1.29, 1.82) is 0 Å². The third-order valence-electron chi connectivity index (χ3n) is 7.07. The largest absolute Gasteiger partial charge is 0.325 e. The SMILES string of the molecule is CC(N)(C1CC2CCC1C2)C1CC2CCC1C2. The van der Waals surface area contributed by atoms with E-state index in [4.69, 9.17) is 5.73 Å². The van der Waals surface area contributed by atoms with Gasteiger partial charge in [-0.05, 0) is 81.0 Å². The molecular formula is C16H27N. The van der Waals surface area contributed by atoms with Crippen molar-refractivity contribution in [2.75, 3.05) is 0 Å². The van der Waals surface area contributed by atoms with Gasteiger partial charge in [-0.3, -0.25) is 0 Å². The van der Waals surface area contributed by atoms with Crippen LogP contribution in [0.2, 0.25) is 0 Å². The molecule has 4 saturated carbocycles. The van der Waals surface area contributed by atoms with Crippen molar-refractivity contribution >= 4 is 0 Å². The molecule has 0 amide bonds. The number of fused-ring (bicyclic) bond motifs is 4. The van der Waals surface area contributed by atoms with E-state index in [-0.39, 0.29) is 5.54 Å². The molecule has 1 heteroatoms. The third kappa shape index (κ3) is 1.47. The second-order valence-corrected chi connectivity index (χ2v) is 7.93. The molecule has 6 atom stereocenters. The van der Waals surface area contributed by atoms with Gasteiger partial charge in [0.05, 0.1) is 0 Å². The summed E-state index contributed by atoms with van der Waals surface area (Å²) in [6.07, 6.45) is 11.9. The van der Waals surface area contributed by atoms with Crippen LogP contribution in [-0.2, 0) is 0 Å². The molecule has 0 heterocycles. The molecule has 0 aromatic rings. The highest BCUT2D eigenvalue weighted by atomic mass is 14.8. The fourth-order valence-electron chi connectivity index (χ4n) is 6.29. The lowest BCUT2D eigenvalue weighted by Crippen LogP contribution is -2.54. The number of hydrogen-bond acceptors (Lipinski definition) is 1. The molecule has 4 rings (SSSR count). The van der Waals surface area contributed by atoms with Gasteiger partial charge in [-0.1, -0.05) is 12.8 Å². The lowest BCUT2D eigenvalue weighted by atomic mass is 9.65. The van der Waals surface area contributed by atoms with Gasteiger partial charge in [0.2, 0.25) is 0 Å². The minimum Gasteiger partial charge on any atom is -0.325 e. The van der Waals surface area contributed by atoms with Crippen LogP contribution in [0.15, 0.2) is 0 Å². The molecule has 4 aliphatic carbocycles. The Kier molecular flexibility index (Phi) is 2.23. The highest BCUT2D eigenvalue weighted by molar-refractivity contribution is 5.08. The van der Waals surface area contributed by atoms with Gasteiger partial charge in [0.1, 0.15) is 0 Å². The van der Waals surface area contributed by atoms with Crippen LogP contribution in [0, 0.1) is 35.5 Å². The lowest BCUT2D eigenvalue weighted by molar-refractivity contribution is 0.0990. The Morgan fingerprint density at radius 2 is 1.24 bits per heavy atom. The van der Waals surface area contributed by atoms with Gasteiger partial charge in [0, 0.05) is 5.54 Å². The van der Waals surface area contributed by atoms with Crippen molar-refractivity contribution in [2.24, 2.45) is 41.2 Å². The zero-order valence-corrected chi connectivity index (χ0v) is 11.2. The van der Waals surface area contributed by atoms with Crippen molar-refractivity contribution in [3.63, 3.8) is 0 Å². The van der Waals surface area contributed by atoms with E-state index in [2.05, 4.69) is 6.92 Å². The van der Waals surface area contributed by atoms with E-state index < -0.39 is 0 Å². The monoisotopic (exact) mass is 233 g/mol. The quantitative estimate of drug-likeness (QED) is 0.775. The molecule has 17 heavy (non-hydrogen) atoms. The van der Waals surface area contributed by atoms with Gasteiger partial charge < -0.3 is 5.73 Å². The van der Waals surface area contributed by atoms with Crippen molar-refractivity contribution < 1.29 is 0 Å². The summed E-state index contributed by atoms with van der Waals surface area (Å²) in [6.45, 7) is 2.42. The summed E-state index contributed by atoms with van der Waals surface area (Å²) >= 11 is 0. The molecule has 1 nitrogen and oxygen atoms in total. The Hall–Kier alpha value is -0.0400. The molecule has 0 aliphatic heterocycles. The van der Waals surface area contributed by atoms with Crippen LogP contribution in [0.25, 0.3) is 0 Å². The summed E-state index contributed by atoms with van der Waals surface area (Å²) in [6, 6.07) is 0. The summed E-state index contributed by atoms with van der Waals surface area (Å²) < 4.78 is 0. The van der Waals surface area contributed by atoms with Crippen LogP contribution in [0.1, 0.15) is 58.3 Å². The molecule has 4 aliphatic rings. The topological polar surface area (TPSA) is 26.0 Å². The number of nitrogens with two attached hydrogens (primary N) is 1. The third-order valence-corrected chi connectivity index (χ3v) is 7.07. The molecule has 0 radical (unpaired) electrons. The van der Waals surface area contributed by atoms with E-state index in [9.17, 15) is 0 Å². The van der Waals surface area contributed by atoms with Gasteiger partial charge in [0.25, 0.3) is 0 Å². The van der Waals surface area contributed by atoms with Crippen LogP contribution in [0.3, 0.4) is 0 Å². The number of rotatable bonds is 2. The average molecular weight is 233 g/mol. The standard InChI is InChI=1S/C16H27N/c1-16(17,14-8-10-2-4-12(14)6-10)15-9-11-3-5-13(15)7-11/h10-15H,2-9,17H2,1H3. The first-order valence-electron chi connectivity index (χ1n) is 7.93.